The summed E-state index contributed by atoms with van der Waals surface area (Å²) in [4.78, 5) is 24.3. The van der Waals surface area contributed by atoms with Gasteiger partial charge in [-0.15, -0.1) is 0 Å². The van der Waals surface area contributed by atoms with Gasteiger partial charge in [0.2, 0.25) is 5.91 Å². The zero-order chi connectivity index (χ0) is 20.3. The van der Waals surface area contributed by atoms with Crippen LogP contribution >= 0.6 is 28.1 Å². The molecule has 10 heteroatoms. The zero-order valence-electron chi connectivity index (χ0n) is 15.3. The predicted molar refractivity (Wildman–Crippen MR) is 111 cm³/mol. The molecule has 8 nitrogen and oxygen atoms in total. The van der Waals surface area contributed by atoms with Crippen molar-refractivity contribution in [2.24, 2.45) is 7.05 Å². The SMILES string of the molecule is Cc1cccc(-c2n[nH]c(=S)n2CCC(=O)NNC(=O)c2cc(Br)cn2C)c1. The van der Waals surface area contributed by atoms with Crippen LogP contribution in [0.15, 0.2) is 41.0 Å². The second-order valence-electron chi connectivity index (χ2n) is 6.28. The Kier molecular flexibility index (Phi) is 6.10. The van der Waals surface area contributed by atoms with Gasteiger partial charge < -0.3 is 4.57 Å². The molecule has 1 aromatic carbocycles. The van der Waals surface area contributed by atoms with Gasteiger partial charge in [-0.25, -0.2) is 0 Å². The van der Waals surface area contributed by atoms with Crippen molar-refractivity contribution >= 4 is 40.0 Å². The quantitative estimate of drug-likeness (QED) is 0.401. The minimum atomic E-state index is -0.401. The third kappa shape index (κ3) is 4.57. The Hall–Kier alpha value is -2.72. The van der Waals surface area contributed by atoms with E-state index in [0.29, 0.717) is 22.8 Å². The lowest BCUT2D eigenvalue weighted by atomic mass is 10.1. The summed E-state index contributed by atoms with van der Waals surface area (Å²) in [7, 11) is 1.75. The van der Waals surface area contributed by atoms with Crippen molar-refractivity contribution in [1.29, 1.82) is 0 Å². The van der Waals surface area contributed by atoms with E-state index in [0.717, 1.165) is 15.6 Å². The first kappa shape index (κ1) is 20.0. The molecular formula is C18H19BrN6O2S. The molecule has 2 aromatic heterocycles. The third-order valence-electron chi connectivity index (χ3n) is 4.12. The van der Waals surface area contributed by atoms with Crippen LogP contribution in [0.2, 0.25) is 0 Å². The van der Waals surface area contributed by atoms with Crippen LogP contribution < -0.4 is 10.9 Å². The summed E-state index contributed by atoms with van der Waals surface area (Å²) in [5.41, 5.74) is 7.27. The van der Waals surface area contributed by atoms with Crippen molar-refractivity contribution in [2.45, 2.75) is 19.9 Å². The summed E-state index contributed by atoms with van der Waals surface area (Å²) >= 11 is 8.59. The molecule has 2 heterocycles. The first-order valence-electron chi connectivity index (χ1n) is 8.48. The maximum Gasteiger partial charge on any atom is 0.286 e. The highest BCUT2D eigenvalue weighted by Crippen LogP contribution is 2.18. The van der Waals surface area contributed by atoms with Crippen LogP contribution in [0.5, 0.6) is 0 Å². The summed E-state index contributed by atoms with van der Waals surface area (Å²) in [5.74, 6) is -0.0685. The molecular weight excluding hydrogens is 444 g/mol. The van der Waals surface area contributed by atoms with E-state index in [4.69, 9.17) is 12.2 Å². The molecule has 0 unspecified atom stereocenters. The molecule has 0 bridgehead atoms. The lowest BCUT2D eigenvalue weighted by Crippen LogP contribution is -2.42. The number of hydrogen-bond donors (Lipinski definition) is 3. The van der Waals surface area contributed by atoms with Gasteiger partial charge in [0.15, 0.2) is 10.6 Å². The molecule has 2 amide bonds. The Morgan fingerprint density at radius 3 is 2.75 bits per heavy atom. The largest absolute Gasteiger partial charge is 0.345 e. The molecule has 0 saturated heterocycles. The summed E-state index contributed by atoms with van der Waals surface area (Å²) in [6.07, 6.45) is 1.88. The van der Waals surface area contributed by atoms with Gasteiger partial charge in [0.25, 0.3) is 5.91 Å². The molecule has 0 radical (unpaired) electrons. The van der Waals surface area contributed by atoms with E-state index in [9.17, 15) is 9.59 Å². The Balaban J connectivity index is 1.61. The number of carbonyl (C=O) groups excluding carboxylic acids is 2. The minimum absolute atomic E-state index is 0.129. The average Bonchev–Trinajstić information content (AvgIpc) is 3.19. The van der Waals surface area contributed by atoms with E-state index < -0.39 is 5.91 Å². The smallest absolute Gasteiger partial charge is 0.286 e. The van der Waals surface area contributed by atoms with Gasteiger partial charge in [0.05, 0.1) is 0 Å². The summed E-state index contributed by atoms with van der Waals surface area (Å²) in [6.45, 7) is 2.33. The number of nitrogens with one attached hydrogen (secondary N) is 3. The molecule has 0 spiro atoms. The second kappa shape index (κ2) is 8.53. The number of halogens is 1. The van der Waals surface area contributed by atoms with Crippen LogP contribution in [0.25, 0.3) is 11.4 Å². The van der Waals surface area contributed by atoms with Gasteiger partial charge in [0.1, 0.15) is 5.69 Å². The van der Waals surface area contributed by atoms with Crippen molar-refractivity contribution in [3.05, 3.63) is 57.0 Å². The van der Waals surface area contributed by atoms with Gasteiger partial charge >= 0.3 is 0 Å². The fourth-order valence-corrected chi connectivity index (χ4v) is 3.49. The lowest BCUT2D eigenvalue weighted by Gasteiger charge is -2.10. The monoisotopic (exact) mass is 462 g/mol. The van der Waals surface area contributed by atoms with E-state index in [1.54, 1.807) is 28.4 Å². The number of aromatic nitrogens is 4. The number of rotatable bonds is 5. The molecule has 0 aliphatic carbocycles. The van der Waals surface area contributed by atoms with Crippen LogP contribution in [0.1, 0.15) is 22.5 Å². The van der Waals surface area contributed by atoms with Gasteiger partial charge in [-0.1, -0.05) is 23.8 Å². The summed E-state index contributed by atoms with van der Waals surface area (Å²) in [6, 6.07) is 9.54. The second-order valence-corrected chi connectivity index (χ2v) is 7.58. The fourth-order valence-electron chi connectivity index (χ4n) is 2.75. The van der Waals surface area contributed by atoms with E-state index in [-0.39, 0.29) is 12.3 Å². The molecule has 146 valence electrons. The number of nitrogens with zero attached hydrogens (tertiary/aromatic N) is 3. The standard InChI is InChI=1S/C18H19BrN6O2S/c1-11-4-3-5-12(8-11)16-21-23-18(28)25(16)7-6-15(26)20-22-17(27)14-9-13(19)10-24(14)2/h3-5,8-10H,6-7H2,1-2H3,(H,20,26)(H,22,27)(H,23,28). The van der Waals surface area contributed by atoms with Crippen molar-refractivity contribution in [1.82, 2.24) is 30.2 Å². The molecule has 28 heavy (non-hydrogen) atoms. The van der Waals surface area contributed by atoms with Crippen LogP contribution in [0.4, 0.5) is 0 Å². The fraction of sp³-hybridized carbons (Fsp3) is 0.222. The van der Waals surface area contributed by atoms with Crippen molar-refractivity contribution in [2.75, 3.05) is 0 Å². The zero-order valence-corrected chi connectivity index (χ0v) is 17.7. The van der Waals surface area contributed by atoms with Crippen LogP contribution in [-0.4, -0.2) is 31.1 Å². The van der Waals surface area contributed by atoms with Crippen molar-refractivity contribution < 1.29 is 9.59 Å². The first-order chi connectivity index (χ1) is 13.3. The third-order valence-corrected chi connectivity index (χ3v) is 4.86. The number of aryl methyl sites for hydroxylation is 2. The summed E-state index contributed by atoms with van der Waals surface area (Å²) in [5, 5.41) is 7.03. The van der Waals surface area contributed by atoms with E-state index in [1.807, 2.05) is 31.2 Å². The maximum atomic E-state index is 12.2. The highest BCUT2D eigenvalue weighted by molar-refractivity contribution is 9.10. The van der Waals surface area contributed by atoms with E-state index >= 15 is 0 Å². The molecule has 0 aliphatic heterocycles. The van der Waals surface area contributed by atoms with Crippen molar-refractivity contribution in [3.63, 3.8) is 0 Å². The highest BCUT2D eigenvalue weighted by Gasteiger charge is 2.13. The van der Waals surface area contributed by atoms with Crippen LogP contribution in [0.3, 0.4) is 0 Å². The first-order valence-corrected chi connectivity index (χ1v) is 9.68. The number of carbonyl (C=O) groups is 2. The summed E-state index contributed by atoms with van der Waals surface area (Å²) < 4.78 is 4.64. The molecule has 3 rings (SSSR count). The van der Waals surface area contributed by atoms with Crippen LogP contribution in [-0.2, 0) is 18.4 Å². The molecule has 0 atom stereocenters. The molecule has 0 fully saturated rings. The number of H-pyrrole nitrogens is 1. The molecule has 0 aliphatic rings. The number of amides is 2. The lowest BCUT2D eigenvalue weighted by molar-refractivity contribution is -0.122. The van der Waals surface area contributed by atoms with Crippen molar-refractivity contribution in [3.8, 4) is 11.4 Å². The maximum absolute atomic E-state index is 12.2. The van der Waals surface area contributed by atoms with E-state index in [1.165, 1.54) is 0 Å². The molecule has 3 aromatic rings. The Morgan fingerprint density at radius 2 is 2.07 bits per heavy atom. The van der Waals surface area contributed by atoms with E-state index in [2.05, 4.69) is 37.0 Å². The Labute approximate surface area is 175 Å². The average molecular weight is 463 g/mol. The number of hydrogen-bond acceptors (Lipinski definition) is 4. The molecule has 0 saturated carbocycles. The topological polar surface area (TPSA) is 96.7 Å². The van der Waals surface area contributed by atoms with Gasteiger partial charge in [-0.2, -0.15) is 5.10 Å². The van der Waals surface area contributed by atoms with Crippen LogP contribution in [0, 0.1) is 11.7 Å². The van der Waals surface area contributed by atoms with Gasteiger partial charge in [-0.05, 0) is 47.2 Å². The Bertz CT molecular complexity index is 1080. The molecule has 3 N–H and O–H groups in total. The Morgan fingerprint density at radius 1 is 1.29 bits per heavy atom. The normalized spacial score (nSPS) is 10.7. The number of benzene rings is 1. The highest BCUT2D eigenvalue weighted by atomic mass is 79.9. The van der Waals surface area contributed by atoms with Gasteiger partial charge in [0, 0.05) is 36.2 Å². The number of hydrazine groups is 1. The number of aromatic amines is 1. The minimum Gasteiger partial charge on any atom is -0.345 e. The van der Waals surface area contributed by atoms with Gasteiger partial charge in [-0.3, -0.25) is 30.1 Å². The predicted octanol–water partition coefficient (Wildman–Crippen LogP) is 2.87.